The summed E-state index contributed by atoms with van der Waals surface area (Å²) in [6, 6.07) is 0. The lowest BCUT2D eigenvalue weighted by molar-refractivity contribution is -0.158. The maximum absolute atomic E-state index is 11.9. The molecule has 1 fully saturated rings. The van der Waals surface area contributed by atoms with Crippen molar-refractivity contribution in [2.24, 2.45) is 5.41 Å². The minimum Gasteiger partial charge on any atom is -0.465 e. The predicted octanol–water partition coefficient (Wildman–Crippen LogP) is 2.82. The van der Waals surface area contributed by atoms with E-state index >= 15 is 0 Å². The summed E-state index contributed by atoms with van der Waals surface area (Å²) in [7, 11) is 0. The first-order chi connectivity index (χ1) is 7.53. The number of carbonyl (C=O) groups excluding carboxylic acids is 2. The molecule has 1 rings (SSSR count). The third kappa shape index (κ3) is 2.64. The Morgan fingerprint density at radius 2 is 2.31 bits per heavy atom. The fraction of sp³-hybridized carbons (Fsp3) is 0.667. The summed E-state index contributed by atoms with van der Waals surface area (Å²) in [5.74, 6) is -0.410. The SMILES string of the molecule is CCOC(=O)[C@@]1(C/C=C(\C)Cl)CCCC1=O. The Labute approximate surface area is 101 Å². The van der Waals surface area contributed by atoms with Gasteiger partial charge in [-0.2, -0.15) is 0 Å². The van der Waals surface area contributed by atoms with Crippen LogP contribution in [-0.4, -0.2) is 18.4 Å². The zero-order chi connectivity index (χ0) is 12.2. The van der Waals surface area contributed by atoms with E-state index in [9.17, 15) is 9.59 Å². The Morgan fingerprint density at radius 3 is 2.75 bits per heavy atom. The van der Waals surface area contributed by atoms with E-state index in [1.54, 1.807) is 19.9 Å². The fourth-order valence-corrected chi connectivity index (χ4v) is 2.11. The zero-order valence-electron chi connectivity index (χ0n) is 9.72. The Balaban J connectivity index is 2.89. The van der Waals surface area contributed by atoms with Crippen LogP contribution in [0.25, 0.3) is 0 Å². The first kappa shape index (κ1) is 13.2. The van der Waals surface area contributed by atoms with E-state index in [4.69, 9.17) is 16.3 Å². The summed E-state index contributed by atoms with van der Waals surface area (Å²) in [5, 5.41) is 0.600. The third-order valence-corrected chi connectivity index (χ3v) is 3.09. The second-order valence-corrected chi connectivity index (χ2v) is 4.67. The molecule has 0 heterocycles. The molecule has 16 heavy (non-hydrogen) atoms. The molecular formula is C12H17ClO3. The molecule has 1 aliphatic carbocycles. The lowest BCUT2D eigenvalue weighted by Gasteiger charge is -2.23. The van der Waals surface area contributed by atoms with Gasteiger partial charge in [-0.25, -0.2) is 0 Å². The van der Waals surface area contributed by atoms with Crippen LogP contribution in [0.15, 0.2) is 11.1 Å². The van der Waals surface area contributed by atoms with E-state index in [1.165, 1.54) is 0 Å². The number of ether oxygens (including phenoxy) is 1. The van der Waals surface area contributed by atoms with Crippen LogP contribution < -0.4 is 0 Å². The van der Waals surface area contributed by atoms with E-state index in [2.05, 4.69) is 0 Å². The molecule has 0 aliphatic heterocycles. The van der Waals surface area contributed by atoms with Crippen LogP contribution >= 0.6 is 11.6 Å². The van der Waals surface area contributed by atoms with Crippen LogP contribution in [0.2, 0.25) is 0 Å². The lowest BCUT2D eigenvalue weighted by atomic mass is 9.81. The Hall–Kier alpha value is -0.830. The van der Waals surface area contributed by atoms with Gasteiger partial charge in [-0.3, -0.25) is 9.59 Å². The highest BCUT2D eigenvalue weighted by atomic mass is 35.5. The maximum atomic E-state index is 11.9. The number of allylic oxidation sites excluding steroid dienone is 2. The van der Waals surface area contributed by atoms with E-state index in [-0.39, 0.29) is 5.78 Å². The second-order valence-electron chi connectivity index (χ2n) is 4.07. The van der Waals surface area contributed by atoms with Gasteiger partial charge in [0.05, 0.1) is 6.61 Å². The largest absolute Gasteiger partial charge is 0.465 e. The first-order valence-corrected chi connectivity index (χ1v) is 5.93. The van der Waals surface area contributed by atoms with Gasteiger partial charge in [-0.15, -0.1) is 0 Å². The van der Waals surface area contributed by atoms with Crippen molar-refractivity contribution in [3.8, 4) is 0 Å². The van der Waals surface area contributed by atoms with Crippen LogP contribution in [-0.2, 0) is 14.3 Å². The monoisotopic (exact) mass is 244 g/mol. The molecule has 0 N–H and O–H groups in total. The number of halogens is 1. The molecule has 0 bridgehead atoms. The van der Waals surface area contributed by atoms with Crippen LogP contribution in [0.3, 0.4) is 0 Å². The van der Waals surface area contributed by atoms with Crippen LogP contribution in [0.4, 0.5) is 0 Å². The van der Waals surface area contributed by atoms with Gasteiger partial charge in [0.25, 0.3) is 0 Å². The minimum absolute atomic E-state index is 0.0138. The Morgan fingerprint density at radius 1 is 1.62 bits per heavy atom. The molecule has 0 aromatic rings. The normalized spacial score (nSPS) is 25.9. The number of Topliss-reactive ketones (excluding diaryl/α,β-unsaturated/α-hetero) is 1. The topological polar surface area (TPSA) is 43.4 Å². The highest BCUT2D eigenvalue weighted by Gasteiger charge is 2.48. The van der Waals surface area contributed by atoms with E-state index < -0.39 is 11.4 Å². The number of carbonyl (C=O) groups is 2. The standard InChI is InChI=1S/C12H17ClO3/c1-3-16-11(15)12(8-6-9(2)13)7-4-5-10(12)14/h6H,3-5,7-8H2,1-2H3/b9-6+/t12-/m1/s1. The van der Waals surface area contributed by atoms with Gasteiger partial charge >= 0.3 is 5.97 Å². The molecule has 0 radical (unpaired) electrons. The molecule has 1 saturated carbocycles. The number of ketones is 1. The third-order valence-electron chi connectivity index (χ3n) is 2.94. The molecular weight excluding hydrogens is 228 g/mol. The van der Waals surface area contributed by atoms with E-state index in [1.807, 2.05) is 0 Å². The van der Waals surface area contributed by atoms with Crippen molar-refractivity contribution >= 4 is 23.4 Å². The molecule has 1 atom stereocenters. The van der Waals surface area contributed by atoms with E-state index in [0.717, 1.165) is 6.42 Å². The summed E-state index contributed by atoms with van der Waals surface area (Å²) in [6.07, 6.45) is 3.88. The molecule has 3 nitrogen and oxygen atoms in total. The maximum Gasteiger partial charge on any atom is 0.319 e. The summed E-state index contributed by atoms with van der Waals surface area (Å²) < 4.78 is 5.00. The van der Waals surface area contributed by atoms with Crippen molar-refractivity contribution < 1.29 is 14.3 Å². The highest BCUT2D eigenvalue weighted by molar-refractivity contribution is 6.29. The molecule has 90 valence electrons. The summed E-state index contributed by atoms with van der Waals surface area (Å²) in [5.41, 5.74) is -0.966. The summed E-state index contributed by atoms with van der Waals surface area (Å²) >= 11 is 5.75. The molecule has 0 aromatic heterocycles. The molecule has 0 aromatic carbocycles. The smallest absolute Gasteiger partial charge is 0.319 e. The molecule has 1 aliphatic rings. The number of rotatable bonds is 4. The van der Waals surface area contributed by atoms with E-state index in [0.29, 0.717) is 30.9 Å². The van der Waals surface area contributed by atoms with Crippen LogP contribution in [0.5, 0.6) is 0 Å². The molecule has 0 saturated heterocycles. The average molecular weight is 245 g/mol. The molecule has 0 spiro atoms. The van der Waals surface area contributed by atoms with Crippen molar-refractivity contribution in [1.29, 1.82) is 0 Å². The number of esters is 1. The number of hydrogen-bond acceptors (Lipinski definition) is 3. The lowest BCUT2D eigenvalue weighted by Crippen LogP contribution is -2.36. The molecule has 0 amide bonds. The zero-order valence-corrected chi connectivity index (χ0v) is 10.5. The fourth-order valence-electron chi connectivity index (χ4n) is 2.03. The Bertz CT molecular complexity index is 318. The van der Waals surface area contributed by atoms with Gasteiger partial charge in [0.1, 0.15) is 5.41 Å². The highest BCUT2D eigenvalue weighted by Crippen LogP contribution is 2.40. The van der Waals surface area contributed by atoms with Gasteiger partial charge in [0, 0.05) is 11.5 Å². The van der Waals surface area contributed by atoms with Crippen molar-refractivity contribution in [2.45, 2.75) is 39.5 Å². The van der Waals surface area contributed by atoms with Crippen LogP contribution in [0.1, 0.15) is 39.5 Å². The van der Waals surface area contributed by atoms with Gasteiger partial charge in [0.2, 0.25) is 0 Å². The van der Waals surface area contributed by atoms with Gasteiger partial charge in [-0.1, -0.05) is 17.7 Å². The summed E-state index contributed by atoms with van der Waals surface area (Å²) in [6.45, 7) is 3.78. The quantitative estimate of drug-likeness (QED) is 0.564. The van der Waals surface area contributed by atoms with Gasteiger partial charge in [-0.05, 0) is 33.1 Å². The molecule has 0 unspecified atom stereocenters. The first-order valence-electron chi connectivity index (χ1n) is 5.55. The van der Waals surface area contributed by atoms with Crippen molar-refractivity contribution in [3.05, 3.63) is 11.1 Å². The Kier molecular flexibility index (Phi) is 4.54. The molecule has 4 heteroatoms. The predicted molar refractivity (Wildman–Crippen MR) is 62.2 cm³/mol. The van der Waals surface area contributed by atoms with Crippen molar-refractivity contribution in [2.75, 3.05) is 6.61 Å². The summed E-state index contributed by atoms with van der Waals surface area (Å²) in [4.78, 5) is 23.7. The number of hydrogen-bond donors (Lipinski definition) is 0. The average Bonchev–Trinajstić information content (AvgIpc) is 2.58. The van der Waals surface area contributed by atoms with Crippen molar-refractivity contribution in [3.63, 3.8) is 0 Å². The minimum atomic E-state index is -0.966. The van der Waals surface area contributed by atoms with Crippen LogP contribution in [0, 0.1) is 5.41 Å². The van der Waals surface area contributed by atoms with Gasteiger partial charge in [0.15, 0.2) is 5.78 Å². The van der Waals surface area contributed by atoms with Crippen molar-refractivity contribution in [1.82, 2.24) is 0 Å². The second kappa shape index (κ2) is 5.48. The van der Waals surface area contributed by atoms with Gasteiger partial charge < -0.3 is 4.74 Å².